The van der Waals surface area contributed by atoms with Gasteiger partial charge in [0.2, 0.25) is 10.0 Å². The lowest BCUT2D eigenvalue weighted by Crippen LogP contribution is -2.29. The molecule has 160 valence electrons. The summed E-state index contributed by atoms with van der Waals surface area (Å²) in [6, 6.07) is 10.5. The molecule has 4 rings (SSSR count). The van der Waals surface area contributed by atoms with E-state index >= 15 is 0 Å². The number of benzene rings is 2. The van der Waals surface area contributed by atoms with Crippen molar-refractivity contribution in [1.82, 2.24) is 9.62 Å². The maximum Gasteiger partial charge on any atom is 0.253 e. The van der Waals surface area contributed by atoms with Crippen LogP contribution in [0.4, 0.5) is 0 Å². The van der Waals surface area contributed by atoms with E-state index < -0.39 is 10.0 Å². The van der Waals surface area contributed by atoms with Crippen LogP contribution in [0.2, 0.25) is 5.02 Å². The highest BCUT2D eigenvalue weighted by Crippen LogP contribution is 2.27. The Labute approximate surface area is 183 Å². The summed E-state index contributed by atoms with van der Waals surface area (Å²) in [6.07, 6.45) is 6.34. The van der Waals surface area contributed by atoms with E-state index in [0.717, 1.165) is 31.2 Å². The second kappa shape index (κ2) is 8.69. The van der Waals surface area contributed by atoms with Gasteiger partial charge in [0, 0.05) is 13.1 Å². The van der Waals surface area contributed by atoms with Gasteiger partial charge in [-0.25, -0.2) is 8.42 Å². The monoisotopic (exact) mass is 446 g/mol. The number of hydrogen-bond acceptors (Lipinski definition) is 3. The minimum Gasteiger partial charge on any atom is -0.345 e. The van der Waals surface area contributed by atoms with Crippen LogP contribution < -0.4 is 5.32 Å². The molecule has 0 aromatic heterocycles. The molecule has 5 nitrogen and oxygen atoms in total. The number of carbonyl (C=O) groups excluding carboxylic acids is 1. The van der Waals surface area contributed by atoms with Gasteiger partial charge in [0.1, 0.15) is 0 Å². The first-order chi connectivity index (χ1) is 14.4. The van der Waals surface area contributed by atoms with Gasteiger partial charge in [-0.3, -0.25) is 4.79 Å². The Kier molecular flexibility index (Phi) is 6.19. The molecule has 0 bridgehead atoms. The van der Waals surface area contributed by atoms with E-state index in [1.165, 1.54) is 46.5 Å². The molecule has 1 aliphatic carbocycles. The van der Waals surface area contributed by atoms with Gasteiger partial charge < -0.3 is 5.32 Å². The summed E-state index contributed by atoms with van der Waals surface area (Å²) < 4.78 is 27.2. The van der Waals surface area contributed by atoms with Crippen LogP contribution in [0, 0.1) is 0 Å². The minimum atomic E-state index is -3.61. The molecule has 1 N–H and O–H groups in total. The Hall–Kier alpha value is -1.89. The number of nitrogens with zero attached hydrogens (tertiary/aromatic N) is 1. The molecule has 1 amide bonds. The zero-order valence-corrected chi connectivity index (χ0v) is 18.7. The fourth-order valence-corrected chi connectivity index (χ4v) is 6.04. The van der Waals surface area contributed by atoms with Crippen LogP contribution >= 0.6 is 11.6 Å². The summed E-state index contributed by atoms with van der Waals surface area (Å²) in [5.41, 5.74) is 3.98. The molecule has 1 atom stereocenters. The summed E-state index contributed by atoms with van der Waals surface area (Å²) in [4.78, 5) is 13.0. The van der Waals surface area contributed by atoms with Gasteiger partial charge >= 0.3 is 0 Å². The molecule has 2 aromatic carbocycles. The Balaban J connectivity index is 1.54. The first-order valence-corrected chi connectivity index (χ1v) is 12.4. The smallest absolute Gasteiger partial charge is 0.253 e. The van der Waals surface area contributed by atoms with E-state index in [1.807, 2.05) is 6.92 Å². The predicted octanol–water partition coefficient (Wildman–Crippen LogP) is 4.49. The average Bonchev–Trinajstić information content (AvgIpc) is 3.29. The Morgan fingerprint density at radius 3 is 2.43 bits per heavy atom. The predicted molar refractivity (Wildman–Crippen MR) is 118 cm³/mol. The lowest BCUT2D eigenvalue weighted by Gasteiger charge is -2.20. The molecule has 0 saturated carbocycles. The number of carbonyl (C=O) groups is 1. The molecular formula is C23H27ClN2O3S. The van der Waals surface area contributed by atoms with Crippen molar-refractivity contribution >= 4 is 27.5 Å². The van der Waals surface area contributed by atoms with E-state index in [2.05, 4.69) is 23.5 Å². The molecule has 2 aromatic rings. The molecule has 1 fully saturated rings. The number of fused-ring (bicyclic) bond motifs is 1. The van der Waals surface area contributed by atoms with E-state index in [9.17, 15) is 13.2 Å². The van der Waals surface area contributed by atoms with Gasteiger partial charge in [-0.1, -0.05) is 29.8 Å². The standard InChI is InChI=1S/C23H27ClN2O3S/c1-16(18-9-8-17-6-2-3-7-19(17)14-18)25-23(27)21-15-20(10-11-22(21)24)30(28,29)26-12-4-5-13-26/h8-11,14-16H,2-7,12-13H2,1H3,(H,25,27)/t16-/m0/s1. The summed E-state index contributed by atoms with van der Waals surface area (Å²) in [6.45, 7) is 2.96. The van der Waals surface area contributed by atoms with Crippen LogP contribution in [-0.4, -0.2) is 31.7 Å². The summed E-state index contributed by atoms with van der Waals surface area (Å²) in [5.74, 6) is -0.372. The summed E-state index contributed by atoms with van der Waals surface area (Å²) in [7, 11) is -3.61. The van der Waals surface area contributed by atoms with Gasteiger partial charge in [0.15, 0.2) is 0 Å². The zero-order chi connectivity index (χ0) is 21.3. The quantitative estimate of drug-likeness (QED) is 0.735. The van der Waals surface area contributed by atoms with Gasteiger partial charge in [0.25, 0.3) is 5.91 Å². The van der Waals surface area contributed by atoms with Crippen LogP contribution in [0.1, 0.15) is 65.7 Å². The van der Waals surface area contributed by atoms with E-state index in [1.54, 1.807) is 0 Å². The number of amides is 1. The fraction of sp³-hybridized carbons (Fsp3) is 0.435. The van der Waals surface area contributed by atoms with Crippen molar-refractivity contribution in [1.29, 1.82) is 0 Å². The molecule has 30 heavy (non-hydrogen) atoms. The molecule has 0 unspecified atom stereocenters. The molecule has 1 aliphatic heterocycles. The molecular weight excluding hydrogens is 420 g/mol. The van der Waals surface area contributed by atoms with E-state index in [4.69, 9.17) is 11.6 Å². The number of aryl methyl sites for hydroxylation is 2. The van der Waals surface area contributed by atoms with Crippen molar-refractivity contribution in [3.63, 3.8) is 0 Å². The van der Waals surface area contributed by atoms with Crippen molar-refractivity contribution in [3.05, 3.63) is 63.7 Å². The van der Waals surface area contributed by atoms with Crippen LogP contribution in [-0.2, 0) is 22.9 Å². The second-order valence-corrected chi connectivity index (χ2v) is 10.5. The van der Waals surface area contributed by atoms with Crippen molar-refractivity contribution < 1.29 is 13.2 Å². The Morgan fingerprint density at radius 2 is 1.70 bits per heavy atom. The second-order valence-electron chi connectivity index (χ2n) is 8.18. The first kappa shape index (κ1) is 21.3. The van der Waals surface area contributed by atoms with Gasteiger partial charge in [-0.05, 0) is 80.3 Å². The zero-order valence-electron chi connectivity index (χ0n) is 17.2. The molecule has 1 saturated heterocycles. The fourth-order valence-electron chi connectivity index (χ4n) is 4.30. The normalized spacial score (nSPS) is 18.1. The maximum absolute atomic E-state index is 12.9. The Morgan fingerprint density at radius 1 is 1.00 bits per heavy atom. The highest BCUT2D eigenvalue weighted by atomic mass is 35.5. The summed E-state index contributed by atoms with van der Waals surface area (Å²) in [5, 5.41) is 3.22. The number of hydrogen-bond donors (Lipinski definition) is 1. The third-order valence-corrected chi connectivity index (χ3v) is 8.33. The molecule has 0 spiro atoms. The summed E-state index contributed by atoms with van der Waals surface area (Å²) >= 11 is 6.26. The molecule has 0 radical (unpaired) electrons. The highest BCUT2D eigenvalue weighted by Gasteiger charge is 2.28. The van der Waals surface area contributed by atoms with Gasteiger partial charge in [0.05, 0.1) is 21.5 Å². The number of halogens is 1. The third-order valence-electron chi connectivity index (χ3n) is 6.11. The van der Waals surface area contributed by atoms with Gasteiger partial charge in [-0.2, -0.15) is 4.31 Å². The number of nitrogens with one attached hydrogen (secondary N) is 1. The van der Waals surface area contributed by atoms with Crippen molar-refractivity contribution in [2.45, 2.75) is 56.4 Å². The van der Waals surface area contributed by atoms with Gasteiger partial charge in [-0.15, -0.1) is 0 Å². The van der Waals surface area contributed by atoms with Crippen molar-refractivity contribution in [2.75, 3.05) is 13.1 Å². The topological polar surface area (TPSA) is 66.5 Å². The lowest BCUT2D eigenvalue weighted by molar-refractivity contribution is 0.0940. The number of sulfonamides is 1. The molecule has 2 aliphatic rings. The maximum atomic E-state index is 12.9. The largest absolute Gasteiger partial charge is 0.345 e. The van der Waals surface area contributed by atoms with Crippen LogP contribution in [0.3, 0.4) is 0 Å². The number of rotatable bonds is 5. The van der Waals surface area contributed by atoms with Crippen LogP contribution in [0.25, 0.3) is 0 Å². The highest BCUT2D eigenvalue weighted by molar-refractivity contribution is 7.89. The van der Waals surface area contributed by atoms with E-state index in [0.29, 0.717) is 13.1 Å². The average molecular weight is 447 g/mol. The minimum absolute atomic E-state index is 0.111. The van der Waals surface area contributed by atoms with Crippen LogP contribution in [0.5, 0.6) is 0 Å². The SMILES string of the molecule is C[C@H](NC(=O)c1cc(S(=O)(=O)N2CCCC2)ccc1Cl)c1ccc2c(c1)CCCC2. The molecule has 7 heteroatoms. The molecule has 1 heterocycles. The van der Waals surface area contributed by atoms with Crippen molar-refractivity contribution in [3.8, 4) is 0 Å². The third kappa shape index (κ3) is 4.27. The van der Waals surface area contributed by atoms with Crippen LogP contribution in [0.15, 0.2) is 41.3 Å². The Bertz CT molecular complexity index is 1060. The van der Waals surface area contributed by atoms with Crippen molar-refractivity contribution in [2.24, 2.45) is 0 Å². The first-order valence-electron chi connectivity index (χ1n) is 10.6. The van der Waals surface area contributed by atoms with E-state index in [-0.39, 0.29) is 27.4 Å². The lowest BCUT2D eigenvalue weighted by atomic mass is 9.89.